The van der Waals surface area contributed by atoms with Gasteiger partial charge in [0.1, 0.15) is 5.75 Å². The Labute approximate surface area is 209 Å². The lowest BCUT2D eigenvalue weighted by molar-refractivity contribution is -0.139. The molecule has 0 aliphatic carbocycles. The Bertz CT molecular complexity index is 1240. The number of rotatable bonds is 7. The predicted molar refractivity (Wildman–Crippen MR) is 139 cm³/mol. The van der Waals surface area contributed by atoms with Crippen molar-refractivity contribution in [3.63, 3.8) is 0 Å². The summed E-state index contributed by atoms with van der Waals surface area (Å²) >= 11 is 1.49. The van der Waals surface area contributed by atoms with Crippen LogP contribution in [0.3, 0.4) is 0 Å². The second kappa shape index (κ2) is 10.4. The number of para-hydroxylation sites is 1. The molecule has 182 valence electrons. The number of benzene rings is 2. The normalized spacial score (nSPS) is 16.7. The van der Waals surface area contributed by atoms with E-state index in [9.17, 15) is 9.59 Å². The second-order valence-electron chi connectivity index (χ2n) is 8.48. The first-order valence-electron chi connectivity index (χ1n) is 11.5. The van der Waals surface area contributed by atoms with E-state index in [-0.39, 0.29) is 19.1 Å². The molecule has 0 fully saturated rings. The molecular weight excluding hydrogens is 462 g/mol. The molecule has 4 rings (SSSR count). The molecule has 2 aliphatic heterocycles. The molecule has 0 aromatic heterocycles. The van der Waals surface area contributed by atoms with Gasteiger partial charge in [-0.15, -0.1) is 0 Å². The number of carbonyl (C=O) groups is 2. The summed E-state index contributed by atoms with van der Waals surface area (Å²) < 4.78 is 11.4. The highest BCUT2D eigenvalue weighted by Gasteiger charge is 2.38. The molecule has 2 heterocycles. The number of carbonyl (C=O) groups excluding carboxylic acids is 2. The fourth-order valence-electron chi connectivity index (χ4n) is 4.41. The number of fused-ring (bicyclic) bond motifs is 1. The average molecular weight is 492 g/mol. The van der Waals surface area contributed by atoms with E-state index in [1.54, 1.807) is 13.0 Å². The molecule has 7 nitrogen and oxygen atoms in total. The molecule has 0 saturated heterocycles. The van der Waals surface area contributed by atoms with Gasteiger partial charge in [0.25, 0.3) is 5.91 Å². The first-order valence-corrected chi connectivity index (χ1v) is 12.4. The summed E-state index contributed by atoms with van der Waals surface area (Å²) in [5, 5.41) is 5.67. The molecule has 35 heavy (non-hydrogen) atoms. The van der Waals surface area contributed by atoms with Gasteiger partial charge < -0.3 is 19.7 Å². The van der Waals surface area contributed by atoms with E-state index in [0.717, 1.165) is 33.1 Å². The number of ether oxygens (including phenoxy) is 2. The van der Waals surface area contributed by atoms with Crippen molar-refractivity contribution in [3.05, 3.63) is 81.5 Å². The number of hydrogen-bond acceptors (Lipinski definition) is 7. The number of hydrogen-bond donors (Lipinski definition) is 1. The first kappa shape index (κ1) is 24.6. The third kappa shape index (κ3) is 5.12. The van der Waals surface area contributed by atoms with Crippen LogP contribution >= 0.6 is 11.8 Å². The van der Waals surface area contributed by atoms with Crippen molar-refractivity contribution in [2.45, 2.75) is 40.7 Å². The molecule has 0 saturated carbocycles. The second-order valence-corrected chi connectivity index (χ2v) is 9.35. The molecule has 0 bridgehead atoms. The molecule has 2 aromatic rings. The van der Waals surface area contributed by atoms with Crippen molar-refractivity contribution >= 4 is 34.5 Å². The Morgan fingerprint density at radius 2 is 1.83 bits per heavy atom. The Hall–Kier alpha value is -3.52. The number of aryl methyl sites for hydroxylation is 3. The number of thioether (sulfide) groups is 1. The number of aliphatic imine (C=N–C) groups is 1. The van der Waals surface area contributed by atoms with Gasteiger partial charge in [0.15, 0.2) is 11.8 Å². The maximum atomic E-state index is 12.9. The highest BCUT2D eigenvalue weighted by atomic mass is 32.2. The lowest BCUT2D eigenvalue weighted by atomic mass is 9.94. The topological polar surface area (TPSA) is 80.2 Å². The minimum atomic E-state index is -0.478. The standard InChI is InChI=1S/C27H29N3O4S/c1-6-33-26(32)23-19(5)28-27-30(11-12-35-27)25(23)20-9-7-8-10-21(20)34-15-22(31)29-24-17(3)13-16(2)14-18(24)4/h7-14,25H,6,15H2,1-5H3,(H,29,31)/t25-/m0/s1. The number of esters is 1. The number of nitrogens with zero attached hydrogens (tertiary/aromatic N) is 2. The molecule has 0 unspecified atom stereocenters. The van der Waals surface area contributed by atoms with Gasteiger partial charge in [0.2, 0.25) is 0 Å². The van der Waals surface area contributed by atoms with Gasteiger partial charge in [-0.2, -0.15) is 0 Å². The molecule has 1 N–H and O–H groups in total. The Morgan fingerprint density at radius 3 is 2.54 bits per heavy atom. The van der Waals surface area contributed by atoms with Crippen LogP contribution in [0.4, 0.5) is 5.69 Å². The SMILES string of the molecule is CCOC(=O)C1=C(C)N=C2SC=CN2[C@H]1c1ccccc1OCC(=O)Nc1c(C)cc(C)cc1C. The predicted octanol–water partition coefficient (Wildman–Crippen LogP) is 5.40. The van der Waals surface area contributed by atoms with Crippen molar-refractivity contribution in [3.8, 4) is 5.75 Å². The van der Waals surface area contributed by atoms with E-state index in [0.29, 0.717) is 17.0 Å². The number of allylic oxidation sites excluding steroid dienone is 1. The van der Waals surface area contributed by atoms with Crippen molar-refractivity contribution in [2.24, 2.45) is 4.99 Å². The number of amidine groups is 1. The van der Waals surface area contributed by atoms with Gasteiger partial charge in [0.05, 0.1) is 23.9 Å². The molecule has 0 spiro atoms. The minimum Gasteiger partial charge on any atom is -0.483 e. The molecule has 2 aromatic carbocycles. The zero-order valence-electron chi connectivity index (χ0n) is 20.5. The molecule has 2 aliphatic rings. The minimum absolute atomic E-state index is 0.167. The molecular formula is C27H29N3O4S. The van der Waals surface area contributed by atoms with Crippen LogP contribution in [0, 0.1) is 20.8 Å². The van der Waals surface area contributed by atoms with Gasteiger partial charge in [0, 0.05) is 17.5 Å². The van der Waals surface area contributed by atoms with Crippen LogP contribution in [-0.2, 0) is 14.3 Å². The zero-order chi connectivity index (χ0) is 25.1. The average Bonchev–Trinajstić information content (AvgIpc) is 3.27. The monoisotopic (exact) mass is 491 g/mol. The van der Waals surface area contributed by atoms with E-state index in [2.05, 4.69) is 10.3 Å². The van der Waals surface area contributed by atoms with Gasteiger partial charge in [-0.25, -0.2) is 9.79 Å². The first-order chi connectivity index (χ1) is 16.8. The summed E-state index contributed by atoms with van der Waals surface area (Å²) in [4.78, 5) is 32.3. The van der Waals surface area contributed by atoms with Crippen LogP contribution in [0.1, 0.15) is 42.1 Å². The Morgan fingerprint density at radius 1 is 1.11 bits per heavy atom. The van der Waals surface area contributed by atoms with E-state index in [1.807, 2.05) is 74.5 Å². The molecule has 1 amide bonds. The van der Waals surface area contributed by atoms with E-state index in [1.165, 1.54) is 11.8 Å². The van der Waals surface area contributed by atoms with Gasteiger partial charge in [-0.05, 0) is 57.2 Å². The number of amides is 1. The third-order valence-corrected chi connectivity index (χ3v) is 6.60. The van der Waals surface area contributed by atoms with Crippen LogP contribution in [0.25, 0.3) is 0 Å². The maximum Gasteiger partial charge on any atom is 0.338 e. The lowest BCUT2D eigenvalue weighted by Gasteiger charge is -2.34. The van der Waals surface area contributed by atoms with E-state index in [4.69, 9.17) is 9.47 Å². The Balaban J connectivity index is 1.60. The fraction of sp³-hybridized carbons (Fsp3) is 0.296. The van der Waals surface area contributed by atoms with Crippen molar-refractivity contribution in [1.82, 2.24) is 4.90 Å². The van der Waals surface area contributed by atoms with Crippen LogP contribution in [-0.4, -0.2) is 35.2 Å². The molecule has 8 heteroatoms. The van der Waals surface area contributed by atoms with Crippen LogP contribution in [0.15, 0.2) is 64.3 Å². The highest BCUT2D eigenvalue weighted by molar-refractivity contribution is 8.16. The Kier molecular flexibility index (Phi) is 7.31. The van der Waals surface area contributed by atoms with Gasteiger partial charge in [-0.1, -0.05) is 47.7 Å². The maximum absolute atomic E-state index is 12.9. The van der Waals surface area contributed by atoms with Crippen molar-refractivity contribution in [2.75, 3.05) is 18.5 Å². The largest absolute Gasteiger partial charge is 0.483 e. The smallest absolute Gasteiger partial charge is 0.338 e. The zero-order valence-corrected chi connectivity index (χ0v) is 21.4. The van der Waals surface area contributed by atoms with E-state index >= 15 is 0 Å². The summed E-state index contributed by atoms with van der Waals surface area (Å²) in [6.07, 6.45) is 1.90. The van der Waals surface area contributed by atoms with E-state index < -0.39 is 12.0 Å². The molecule has 0 radical (unpaired) electrons. The number of nitrogens with one attached hydrogen (secondary N) is 1. The third-order valence-electron chi connectivity index (χ3n) is 5.83. The summed E-state index contributed by atoms with van der Waals surface area (Å²) in [6, 6.07) is 11.0. The number of anilines is 1. The summed E-state index contributed by atoms with van der Waals surface area (Å²) in [7, 11) is 0. The quantitative estimate of drug-likeness (QED) is 0.523. The fourth-order valence-corrected chi connectivity index (χ4v) is 5.20. The van der Waals surface area contributed by atoms with Crippen molar-refractivity contribution in [1.29, 1.82) is 0 Å². The summed E-state index contributed by atoms with van der Waals surface area (Å²) in [6.45, 7) is 9.66. The summed E-state index contributed by atoms with van der Waals surface area (Å²) in [5.74, 6) is -0.151. The van der Waals surface area contributed by atoms with Crippen LogP contribution < -0.4 is 10.1 Å². The van der Waals surface area contributed by atoms with Gasteiger partial charge in [-0.3, -0.25) is 4.79 Å². The molecule has 1 atom stereocenters. The van der Waals surface area contributed by atoms with Gasteiger partial charge >= 0.3 is 5.97 Å². The van der Waals surface area contributed by atoms with Crippen molar-refractivity contribution < 1.29 is 19.1 Å². The summed E-state index contributed by atoms with van der Waals surface area (Å²) in [5.41, 5.74) is 5.76. The van der Waals surface area contributed by atoms with Crippen LogP contribution in [0.2, 0.25) is 0 Å². The van der Waals surface area contributed by atoms with Crippen LogP contribution in [0.5, 0.6) is 5.75 Å². The lowest BCUT2D eigenvalue weighted by Crippen LogP contribution is -2.34. The highest BCUT2D eigenvalue weighted by Crippen LogP contribution is 2.43.